The molecule has 0 saturated heterocycles. The highest BCUT2D eigenvalue weighted by molar-refractivity contribution is 6.31. The summed E-state index contributed by atoms with van der Waals surface area (Å²) in [4.78, 5) is 31.1. The molecule has 3 rings (SSSR count). The Kier molecular flexibility index (Phi) is 4.11. The lowest BCUT2D eigenvalue weighted by molar-refractivity contribution is 0.0164. The standard InChI is InChI=1S/C18H20ClN3O3/c1-9-7-13-14(16(23)22(9)17(24)25-18(2,3)4)15(20)11-8-10(19)5-6-12(11)21-13/h5-6,8-9H,7H2,1-4H3,(H2,20,21). The van der Waals surface area contributed by atoms with Gasteiger partial charge in [0.15, 0.2) is 0 Å². The number of hydrogen-bond donors (Lipinski definition) is 1. The van der Waals surface area contributed by atoms with Crippen molar-refractivity contribution < 1.29 is 14.3 Å². The SMILES string of the molecule is CC1Cc2nc3ccc(Cl)cc3c(N)c2C(=O)N1C(=O)OC(C)(C)C. The first kappa shape index (κ1) is 17.5. The molecule has 0 saturated carbocycles. The first-order valence-corrected chi connectivity index (χ1v) is 8.40. The number of amides is 2. The quantitative estimate of drug-likeness (QED) is 0.771. The van der Waals surface area contributed by atoms with Crippen LogP contribution in [0.25, 0.3) is 10.9 Å². The molecule has 0 bridgehead atoms. The Morgan fingerprint density at radius 3 is 2.72 bits per heavy atom. The highest BCUT2D eigenvalue weighted by Gasteiger charge is 2.39. The zero-order valence-corrected chi connectivity index (χ0v) is 15.3. The summed E-state index contributed by atoms with van der Waals surface area (Å²) in [6, 6.07) is 4.79. The number of nitrogens with two attached hydrogens (primary N) is 1. The van der Waals surface area contributed by atoms with Crippen molar-refractivity contribution in [1.82, 2.24) is 9.88 Å². The second kappa shape index (κ2) is 5.88. The molecule has 132 valence electrons. The number of imide groups is 1. The Labute approximate surface area is 150 Å². The highest BCUT2D eigenvalue weighted by Crippen LogP contribution is 2.33. The molecular weight excluding hydrogens is 342 g/mol. The molecule has 2 amide bonds. The van der Waals surface area contributed by atoms with Gasteiger partial charge in [0, 0.05) is 22.9 Å². The van der Waals surface area contributed by atoms with Crippen molar-refractivity contribution in [2.45, 2.75) is 45.8 Å². The van der Waals surface area contributed by atoms with Crippen molar-refractivity contribution in [3.8, 4) is 0 Å². The third-order valence-corrected chi connectivity index (χ3v) is 4.25. The number of nitrogen functional groups attached to an aromatic ring is 1. The Hall–Kier alpha value is -2.34. The Morgan fingerprint density at radius 2 is 2.08 bits per heavy atom. The molecule has 6 nitrogen and oxygen atoms in total. The first-order valence-electron chi connectivity index (χ1n) is 8.02. The van der Waals surface area contributed by atoms with E-state index >= 15 is 0 Å². The van der Waals surface area contributed by atoms with Gasteiger partial charge in [-0.2, -0.15) is 0 Å². The maximum absolute atomic E-state index is 13.0. The van der Waals surface area contributed by atoms with Crippen molar-refractivity contribution in [3.63, 3.8) is 0 Å². The van der Waals surface area contributed by atoms with Crippen LogP contribution in [0.1, 0.15) is 43.7 Å². The molecule has 1 aliphatic rings. The van der Waals surface area contributed by atoms with Gasteiger partial charge in [-0.15, -0.1) is 0 Å². The Balaban J connectivity index is 2.10. The average molecular weight is 362 g/mol. The van der Waals surface area contributed by atoms with Gasteiger partial charge in [-0.3, -0.25) is 9.78 Å². The van der Waals surface area contributed by atoms with Gasteiger partial charge in [-0.05, 0) is 45.9 Å². The number of anilines is 1. The van der Waals surface area contributed by atoms with Crippen molar-refractivity contribution in [2.75, 3.05) is 5.73 Å². The van der Waals surface area contributed by atoms with Crippen LogP contribution in [0, 0.1) is 0 Å². The number of ether oxygens (including phenoxy) is 1. The number of hydrogen-bond acceptors (Lipinski definition) is 5. The molecule has 1 aromatic heterocycles. The predicted molar refractivity (Wildman–Crippen MR) is 96.7 cm³/mol. The summed E-state index contributed by atoms with van der Waals surface area (Å²) in [5.74, 6) is -0.491. The zero-order valence-electron chi connectivity index (χ0n) is 14.6. The predicted octanol–water partition coefficient (Wildman–Crippen LogP) is 3.79. The van der Waals surface area contributed by atoms with Gasteiger partial charge in [-0.1, -0.05) is 11.6 Å². The number of aromatic nitrogens is 1. The van der Waals surface area contributed by atoms with E-state index in [1.54, 1.807) is 45.9 Å². The van der Waals surface area contributed by atoms with E-state index in [4.69, 9.17) is 22.1 Å². The smallest absolute Gasteiger partial charge is 0.417 e. The van der Waals surface area contributed by atoms with E-state index in [0.717, 1.165) is 4.90 Å². The largest absolute Gasteiger partial charge is 0.443 e. The van der Waals surface area contributed by atoms with Crippen LogP contribution < -0.4 is 5.73 Å². The van der Waals surface area contributed by atoms with Crippen LogP contribution in [0.2, 0.25) is 5.02 Å². The summed E-state index contributed by atoms with van der Waals surface area (Å²) in [6.45, 7) is 7.05. The Morgan fingerprint density at radius 1 is 1.40 bits per heavy atom. The minimum atomic E-state index is -0.696. The fraction of sp³-hybridized carbons (Fsp3) is 0.389. The molecular formula is C18H20ClN3O3. The molecule has 7 heteroatoms. The summed E-state index contributed by atoms with van der Waals surface area (Å²) in [7, 11) is 0. The molecule has 1 aromatic carbocycles. The highest BCUT2D eigenvalue weighted by atomic mass is 35.5. The van der Waals surface area contributed by atoms with E-state index in [0.29, 0.717) is 28.0 Å². The third kappa shape index (κ3) is 3.14. The van der Waals surface area contributed by atoms with Crippen LogP contribution >= 0.6 is 11.6 Å². The zero-order chi connectivity index (χ0) is 18.5. The Bertz CT molecular complexity index is 889. The topological polar surface area (TPSA) is 85.5 Å². The minimum absolute atomic E-state index is 0.249. The van der Waals surface area contributed by atoms with Gasteiger partial charge >= 0.3 is 6.09 Å². The van der Waals surface area contributed by atoms with Gasteiger partial charge in [0.2, 0.25) is 0 Å². The lowest BCUT2D eigenvalue weighted by Gasteiger charge is -2.34. The molecule has 0 spiro atoms. The van der Waals surface area contributed by atoms with Crippen LogP contribution in [0.3, 0.4) is 0 Å². The molecule has 2 N–H and O–H groups in total. The lowest BCUT2D eigenvalue weighted by atomic mass is 9.96. The van der Waals surface area contributed by atoms with Crippen LogP contribution in [-0.4, -0.2) is 33.5 Å². The molecule has 1 aliphatic heterocycles. The number of rotatable bonds is 0. The van der Waals surface area contributed by atoms with Crippen LogP contribution in [0.15, 0.2) is 18.2 Å². The van der Waals surface area contributed by atoms with Crippen LogP contribution in [0.4, 0.5) is 10.5 Å². The van der Waals surface area contributed by atoms with Gasteiger partial charge in [0.05, 0.1) is 22.5 Å². The summed E-state index contributed by atoms with van der Waals surface area (Å²) in [5.41, 5.74) is 7.33. The number of benzene rings is 1. The normalized spacial score (nSPS) is 17.6. The fourth-order valence-corrected chi connectivity index (χ4v) is 3.14. The lowest BCUT2D eigenvalue weighted by Crippen LogP contribution is -2.50. The van der Waals surface area contributed by atoms with E-state index in [-0.39, 0.29) is 17.3 Å². The van der Waals surface area contributed by atoms with Crippen molar-refractivity contribution >= 4 is 40.2 Å². The number of nitrogens with zero attached hydrogens (tertiary/aromatic N) is 2. The number of pyridine rings is 1. The summed E-state index contributed by atoms with van der Waals surface area (Å²) < 4.78 is 5.36. The van der Waals surface area contributed by atoms with Gasteiger partial charge in [0.25, 0.3) is 5.91 Å². The maximum Gasteiger partial charge on any atom is 0.417 e. The van der Waals surface area contributed by atoms with Crippen LogP contribution in [0.5, 0.6) is 0 Å². The number of fused-ring (bicyclic) bond motifs is 2. The molecule has 25 heavy (non-hydrogen) atoms. The average Bonchev–Trinajstić information content (AvgIpc) is 2.45. The van der Waals surface area contributed by atoms with E-state index in [1.165, 1.54) is 0 Å². The molecule has 2 heterocycles. The molecule has 1 unspecified atom stereocenters. The van der Waals surface area contributed by atoms with Gasteiger partial charge < -0.3 is 10.5 Å². The number of carbonyl (C=O) groups excluding carboxylic acids is 2. The molecule has 2 aromatic rings. The van der Waals surface area contributed by atoms with Crippen molar-refractivity contribution in [1.29, 1.82) is 0 Å². The summed E-state index contributed by atoms with van der Waals surface area (Å²) >= 11 is 6.03. The summed E-state index contributed by atoms with van der Waals surface area (Å²) in [6.07, 6.45) is -0.260. The molecule has 0 aliphatic carbocycles. The van der Waals surface area contributed by atoms with Gasteiger partial charge in [-0.25, -0.2) is 9.69 Å². The monoisotopic (exact) mass is 361 g/mol. The van der Waals surface area contributed by atoms with E-state index in [9.17, 15) is 9.59 Å². The summed E-state index contributed by atoms with van der Waals surface area (Å²) in [5, 5.41) is 1.10. The van der Waals surface area contributed by atoms with E-state index < -0.39 is 17.6 Å². The van der Waals surface area contributed by atoms with Crippen molar-refractivity contribution in [3.05, 3.63) is 34.5 Å². The first-order chi connectivity index (χ1) is 11.6. The van der Waals surface area contributed by atoms with E-state index in [2.05, 4.69) is 4.98 Å². The minimum Gasteiger partial charge on any atom is -0.443 e. The second-order valence-corrected chi connectivity index (χ2v) is 7.65. The fourth-order valence-electron chi connectivity index (χ4n) is 2.96. The molecule has 0 radical (unpaired) electrons. The second-order valence-electron chi connectivity index (χ2n) is 7.22. The third-order valence-electron chi connectivity index (χ3n) is 4.01. The molecule has 1 atom stereocenters. The maximum atomic E-state index is 13.0. The number of halogens is 1. The van der Waals surface area contributed by atoms with Crippen molar-refractivity contribution in [2.24, 2.45) is 0 Å². The van der Waals surface area contributed by atoms with Crippen LogP contribution in [-0.2, 0) is 11.2 Å². The molecule has 0 fully saturated rings. The number of carbonyl (C=O) groups is 2. The van der Waals surface area contributed by atoms with Gasteiger partial charge in [0.1, 0.15) is 5.60 Å². The van der Waals surface area contributed by atoms with E-state index in [1.807, 2.05) is 0 Å².